The SMILES string of the molecule is CCc1nc(CCN=C(N)Nc2ccc(C)c(C)c2)cs1. The summed E-state index contributed by atoms with van der Waals surface area (Å²) in [6, 6.07) is 6.16. The zero-order chi connectivity index (χ0) is 15.2. The number of hydrogen-bond donors (Lipinski definition) is 2. The van der Waals surface area contributed by atoms with Crippen LogP contribution in [0.5, 0.6) is 0 Å². The first-order chi connectivity index (χ1) is 10.1. The largest absolute Gasteiger partial charge is 0.370 e. The molecule has 21 heavy (non-hydrogen) atoms. The molecule has 1 heterocycles. The summed E-state index contributed by atoms with van der Waals surface area (Å²) in [5.41, 5.74) is 10.5. The van der Waals surface area contributed by atoms with Crippen molar-refractivity contribution in [2.24, 2.45) is 10.7 Å². The van der Waals surface area contributed by atoms with Crippen LogP contribution in [0.4, 0.5) is 5.69 Å². The molecular formula is C16H22N4S. The van der Waals surface area contributed by atoms with Gasteiger partial charge in [0, 0.05) is 24.0 Å². The van der Waals surface area contributed by atoms with Gasteiger partial charge < -0.3 is 11.1 Å². The van der Waals surface area contributed by atoms with Crippen LogP contribution in [-0.4, -0.2) is 17.5 Å². The average Bonchev–Trinajstić information content (AvgIpc) is 2.91. The van der Waals surface area contributed by atoms with Gasteiger partial charge in [-0.1, -0.05) is 13.0 Å². The Labute approximate surface area is 130 Å². The van der Waals surface area contributed by atoms with E-state index in [0.717, 1.165) is 24.2 Å². The maximum Gasteiger partial charge on any atom is 0.193 e. The second-order valence-electron chi connectivity index (χ2n) is 5.03. The Morgan fingerprint density at radius 2 is 2.14 bits per heavy atom. The Morgan fingerprint density at radius 3 is 2.81 bits per heavy atom. The molecule has 1 aromatic heterocycles. The number of rotatable bonds is 5. The van der Waals surface area contributed by atoms with Gasteiger partial charge in [-0.3, -0.25) is 4.99 Å². The molecular weight excluding hydrogens is 280 g/mol. The first-order valence-electron chi connectivity index (χ1n) is 7.16. The van der Waals surface area contributed by atoms with E-state index in [0.29, 0.717) is 12.5 Å². The van der Waals surface area contributed by atoms with Crippen molar-refractivity contribution in [2.75, 3.05) is 11.9 Å². The maximum absolute atomic E-state index is 5.91. The molecule has 0 aliphatic carbocycles. The maximum atomic E-state index is 5.91. The molecule has 5 heteroatoms. The summed E-state index contributed by atoms with van der Waals surface area (Å²) >= 11 is 1.71. The predicted octanol–water partition coefficient (Wildman–Crippen LogP) is 3.29. The molecule has 0 saturated heterocycles. The fraction of sp³-hybridized carbons (Fsp3) is 0.375. The van der Waals surface area contributed by atoms with E-state index in [2.05, 4.69) is 53.6 Å². The molecule has 0 bridgehead atoms. The fourth-order valence-electron chi connectivity index (χ4n) is 1.92. The number of thiazole rings is 1. The Hall–Kier alpha value is -1.88. The van der Waals surface area contributed by atoms with E-state index in [1.807, 2.05) is 6.07 Å². The van der Waals surface area contributed by atoms with Crippen LogP contribution in [0.15, 0.2) is 28.6 Å². The van der Waals surface area contributed by atoms with E-state index < -0.39 is 0 Å². The highest BCUT2D eigenvalue weighted by molar-refractivity contribution is 7.09. The van der Waals surface area contributed by atoms with Crippen molar-refractivity contribution in [3.63, 3.8) is 0 Å². The molecule has 0 fully saturated rings. The lowest BCUT2D eigenvalue weighted by atomic mass is 10.1. The van der Waals surface area contributed by atoms with Gasteiger partial charge in [0.25, 0.3) is 0 Å². The van der Waals surface area contributed by atoms with Crippen molar-refractivity contribution in [3.05, 3.63) is 45.4 Å². The van der Waals surface area contributed by atoms with Gasteiger partial charge in [0.05, 0.1) is 10.7 Å². The molecule has 0 saturated carbocycles. The van der Waals surface area contributed by atoms with Crippen LogP contribution in [0.1, 0.15) is 28.8 Å². The number of benzene rings is 1. The minimum Gasteiger partial charge on any atom is -0.370 e. The van der Waals surface area contributed by atoms with E-state index in [9.17, 15) is 0 Å². The zero-order valence-electron chi connectivity index (χ0n) is 12.8. The molecule has 1 aromatic carbocycles. The third kappa shape index (κ3) is 4.56. The van der Waals surface area contributed by atoms with Crippen LogP contribution in [-0.2, 0) is 12.8 Å². The molecule has 4 nitrogen and oxygen atoms in total. The van der Waals surface area contributed by atoms with Gasteiger partial charge in [-0.15, -0.1) is 11.3 Å². The van der Waals surface area contributed by atoms with E-state index in [1.54, 1.807) is 11.3 Å². The lowest BCUT2D eigenvalue weighted by molar-refractivity contribution is 0.916. The number of nitrogens with two attached hydrogens (primary N) is 1. The predicted molar refractivity (Wildman–Crippen MR) is 91.2 cm³/mol. The Bertz CT molecular complexity index is 631. The monoisotopic (exact) mass is 302 g/mol. The fourth-order valence-corrected chi connectivity index (χ4v) is 2.70. The second-order valence-corrected chi connectivity index (χ2v) is 5.97. The van der Waals surface area contributed by atoms with E-state index in [-0.39, 0.29) is 0 Å². The van der Waals surface area contributed by atoms with Crippen molar-refractivity contribution < 1.29 is 0 Å². The van der Waals surface area contributed by atoms with Gasteiger partial charge in [0.2, 0.25) is 0 Å². The molecule has 0 radical (unpaired) electrons. The molecule has 112 valence electrons. The van der Waals surface area contributed by atoms with Crippen molar-refractivity contribution >= 4 is 23.0 Å². The first kappa shape index (κ1) is 15.5. The average molecular weight is 302 g/mol. The smallest absolute Gasteiger partial charge is 0.193 e. The summed E-state index contributed by atoms with van der Waals surface area (Å²) in [6.45, 7) is 6.94. The molecule has 3 N–H and O–H groups in total. The van der Waals surface area contributed by atoms with Gasteiger partial charge >= 0.3 is 0 Å². The highest BCUT2D eigenvalue weighted by atomic mass is 32.1. The quantitative estimate of drug-likeness (QED) is 0.658. The zero-order valence-corrected chi connectivity index (χ0v) is 13.6. The number of aromatic nitrogens is 1. The van der Waals surface area contributed by atoms with Crippen molar-refractivity contribution in [3.8, 4) is 0 Å². The van der Waals surface area contributed by atoms with Crippen molar-refractivity contribution in [2.45, 2.75) is 33.6 Å². The van der Waals surface area contributed by atoms with Gasteiger partial charge in [-0.05, 0) is 43.5 Å². The Balaban J connectivity index is 1.87. The highest BCUT2D eigenvalue weighted by Crippen LogP contribution is 2.14. The first-order valence-corrected chi connectivity index (χ1v) is 8.04. The van der Waals surface area contributed by atoms with E-state index in [1.165, 1.54) is 16.1 Å². The summed E-state index contributed by atoms with van der Waals surface area (Å²) in [7, 11) is 0. The summed E-state index contributed by atoms with van der Waals surface area (Å²) in [4.78, 5) is 8.87. The normalized spacial score (nSPS) is 11.7. The molecule has 0 aliphatic heterocycles. The topological polar surface area (TPSA) is 63.3 Å². The van der Waals surface area contributed by atoms with Gasteiger partial charge in [0.1, 0.15) is 0 Å². The molecule has 2 rings (SSSR count). The third-order valence-electron chi connectivity index (χ3n) is 3.33. The molecule has 0 unspecified atom stereocenters. The Morgan fingerprint density at radius 1 is 1.33 bits per heavy atom. The van der Waals surface area contributed by atoms with E-state index >= 15 is 0 Å². The van der Waals surface area contributed by atoms with E-state index in [4.69, 9.17) is 5.73 Å². The lowest BCUT2D eigenvalue weighted by Crippen LogP contribution is -2.23. The third-order valence-corrected chi connectivity index (χ3v) is 4.37. The number of hydrogen-bond acceptors (Lipinski definition) is 3. The summed E-state index contributed by atoms with van der Waals surface area (Å²) in [5, 5.41) is 6.40. The van der Waals surface area contributed by atoms with Crippen LogP contribution >= 0.6 is 11.3 Å². The minimum absolute atomic E-state index is 0.448. The number of aliphatic imine (C=N–C) groups is 1. The number of anilines is 1. The van der Waals surface area contributed by atoms with Gasteiger partial charge in [0.15, 0.2) is 5.96 Å². The lowest BCUT2D eigenvalue weighted by Gasteiger charge is -2.07. The molecule has 0 spiro atoms. The highest BCUT2D eigenvalue weighted by Gasteiger charge is 2.01. The summed E-state index contributed by atoms with van der Waals surface area (Å²) < 4.78 is 0. The second kappa shape index (κ2) is 7.22. The van der Waals surface area contributed by atoms with Crippen LogP contribution in [0, 0.1) is 13.8 Å². The standard InChI is InChI=1S/C16H22N4S/c1-4-15-19-14(10-21-15)7-8-18-16(17)20-13-6-5-11(2)12(3)9-13/h5-6,9-10H,4,7-8H2,1-3H3,(H3,17,18,20). The number of guanidine groups is 1. The number of nitrogens with zero attached hydrogens (tertiary/aromatic N) is 2. The molecule has 0 aliphatic rings. The minimum atomic E-state index is 0.448. The summed E-state index contributed by atoms with van der Waals surface area (Å²) in [6.07, 6.45) is 1.82. The molecule has 0 amide bonds. The number of nitrogens with one attached hydrogen (secondary N) is 1. The molecule has 0 atom stereocenters. The Kier molecular flexibility index (Phi) is 5.33. The summed E-state index contributed by atoms with van der Waals surface area (Å²) in [5.74, 6) is 0.448. The molecule has 2 aromatic rings. The van der Waals surface area contributed by atoms with Crippen LogP contribution in [0.3, 0.4) is 0 Å². The van der Waals surface area contributed by atoms with Crippen LogP contribution in [0.2, 0.25) is 0 Å². The van der Waals surface area contributed by atoms with Crippen LogP contribution < -0.4 is 11.1 Å². The van der Waals surface area contributed by atoms with Crippen molar-refractivity contribution in [1.29, 1.82) is 0 Å². The van der Waals surface area contributed by atoms with Gasteiger partial charge in [-0.25, -0.2) is 4.98 Å². The van der Waals surface area contributed by atoms with Crippen LogP contribution in [0.25, 0.3) is 0 Å². The number of aryl methyl sites for hydroxylation is 3. The van der Waals surface area contributed by atoms with Crippen molar-refractivity contribution in [1.82, 2.24) is 4.98 Å². The van der Waals surface area contributed by atoms with Gasteiger partial charge in [-0.2, -0.15) is 0 Å².